The number of carbonyl (C=O) groups excluding carboxylic acids is 1. The van der Waals surface area contributed by atoms with Gasteiger partial charge < -0.3 is 15.1 Å². The maximum Gasteiger partial charge on any atom is 0.221 e. The molecule has 0 bridgehead atoms. The first-order chi connectivity index (χ1) is 7.24. The average molecular weight is 210 g/mol. The molecular formula is C11H18N2O2. The Labute approximate surface area is 90.0 Å². The van der Waals surface area contributed by atoms with Crippen LogP contribution in [-0.4, -0.2) is 19.0 Å². The molecule has 0 saturated carbocycles. The molecule has 4 nitrogen and oxygen atoms in total. The SMILES string of the molecule is CCNCCC(=O)NC(C)c1ccco1. The van der Waals surface area contributed by atoms with Gasteiger partial charge in [-0.15, -0.1) is 0 Å². The van der Waals surface area contributed by atoms with E-state index in [0.29, 0.717) is 13.0 Å². The fourth-order valence-electron chi connectivity index (χ4n) is 1.30. The van der Waals surface area contributed by atoms with Crippen LogP contribution in [0.15, 0.2) is 22.8 Å². The van der Waals surface area contributed by atoms with Crippen molar-refractivity contribution in [3.63, 3.8) is 0 Å². The molecule has 1 aromatic rings. The van der Waals surface area contributed by atoms with E-state index >= 15 is 0 Å². The zero-order valence-electron chi connectivity index (χ0n) is 9.25. The van der Waals surface area contributed by atoms with E-state index < -0.39 is 0 Å². The van der Waals surface area contributed by atoms with Crippen LogP contribution in [-0.2, 0) is 4.79 Å². The molecule has 4 heteroatoms. The van der Waals surface area contributed by atoms with Crippen molar-refractivity contribution in [2.24, 2.45) is 0 Å². The van der Waals surface area contributed by atoms with E-state index in [1.165, 1.54) is 0 Å². The van der Waals surface area contributed by atoms with Crippen LogP contribution in [0.4, 0.5) is 0 Å². The van der Waals surface area contributed by atoms with Crippen LogP contribution in [0.25, 0.3) is 0 Å². The Hall–Kier alpha value is -1.29. The zero-order chi connectivity index (χ0) is 11.1. The van der Waals surface area contributed by atoms with Crippen molar-refractivity contribution in [3.8, 4) is 0 Å². The molecule has 1 atom stereocenters. The minimum Gasteiger partial charge on any atom is -0.467 e. The van der Waals surface area contributed by atoms with Crippen molar-refractivity contribution in [2.45, 2.75) is 26.3 Å². The van der Waals surface area contributed by atoms with Crippen molar-refractivity contribution in [1.82, 2.24) is 10.6 Å². The molecule has 0 saturated heterocycles. The van der Waals surface area contributed by atoms with Crippen molar-refractivity contribution in [2.75, 3.05) is 13.1 Å². The maximum atomic E-state index is 11.4. The van der Waals surface area contributed by atoms with Crippen molar-refractivity contribution in [3.05, 3.63) is 24.2 Å². The Bertz CT molecular complexity index is 283. The lowest BCUT2D eigenvalue weighted by Crippen LogP contribution is -2.29. The lowest BCUT2D eigenvalue weighted by Gasteiger charge is -2.11. The van der Waals surface area contributed by atoms with E-state index in [4.69, 9.17) is 4.42 Å². The molecule has 1 heterocycles. The van der Waals surface area contributed by atoms with Crippen LogP contribution in [0.5, 0.6) is 0 Å². The third-order valence-corrected chi connectivity index (χ3v) is 2.13. The number of hydrogen-bond acceptors (Lipinski definition) is 3. The van der Waals surface area contributed by atoms with Gasteiger partial charge in [0.15, 0.2) is 0 Å². The number of carbonyl (C=O) groups is 1. The summed E-state index contributed by atoms with van der Waals surface area (Å²) < 4.78 is 5.19. The summed E-state index contributed by atoms with van der Waals surface area (Å²) in [7, 11) is 0. The quantitative estimate of drug-likeness (QED) is 0.699. The molecule has 0 radical (unpaired) electrons. The van der Waals surface area contributed by atoms with Crippen LogP contribution in [0.3, 0.4) is 0 Å². The highest BCUT2D eigenvalue weighted by atomic mass is 16.3. The summed E-state index contributed by atoms with van der Waals surface area (Å²) in [6, 6.07) is 3.61. The van der Waals surface area contributed by atoms with Gasteiger partial charge in [0.1, 0.15) is 5.76 Å². The number of amides is 1. The minimum absolute atomic E-state index is 0.0415. The molecule has 1 rings (SSSR count). The Balaban J connectivity index is 2.26. The van der Waals surface area contributed by atoms with Crippen molar-refractivity contribution < 1.29 is 9.21 Å². The number of furan rings is 1. The molecule has 0 aliphatic rings. The summed E-state index contributed by atoms with van der Waals surface area (Å²) in [4.78, 5) is 11.4. The monoisotopic (exact) mass is 210 g/mol. The number of nitrogens with one attached hydrogen (secondary N) is 2. The predicted molar refractivity (Wildman–Crippen MR) is 58.4 cm³/mol. The highest BCUT2D eigenvalue weighted by Crippen LogP contribution is 2.11. The van der Waals surface area contributed by atoms with Gasteiger partial charge in [-0.2, -0.15) is 0 Å². The number of rotatable bonds is 6. The van der Waals surface area contributed by atoms with Gasteiger partial charge >= 0.3 is 0 Å². The molecule has 1 unspecified atom stereocenters. The third kappa shape index (κ3) is 4.16. The Morgan fingerprint density at radius 1 is 1.60 bits per heavy atom. The first-order valence-electron chi connectivity index (χ1n) is 5.27. The van der Waals surface area contributed by atoms with Crippen LogP contribution < -0.4 is 10.6 Å². The summed E-state index contributed by atoms with van der Waals surface area (Å²) >= 11 is 0. The lowest BCUT2D eigenvalue weighted by atomic mass is 10.2. The van der Waals surface area contributed by atoms with Gasteiger partial charge in [-0.25, -0.2) is 0 Å². The second kappa shape index (κ2) is 6.24. The van der Waals surface area contributed by atoms with Gasteiger partial charge in [0, 0.05) is 13.0 Å². The largest absolute Gasteiger partial charge is 0.467 e. The first kappa shape index (κ1) is 11.8. The Kier molecular flexibility index (Phi) is 4.90. The average Bonchev–Trinajstić information content (AvgIpc) is 2.70. The summed E-state index contributed by atoms with van der Waals surface area (Å²) in [6.07, 6.45) is 2.11. The predicted octanol–water partition coefficient (Wildman–Crippen LogP) is 1.46. The molecule has 84 valence electrons. The number of hydrogen-bond donors (Lipinski definition) is 2. The van der Waals surface area contributed by atoms with Crippen molar-refractivity contribution in [1.29, 1.82) is 0 Å². The smallest absolute Gasteiger partial charge is 0.221 e. The molecule has 0 aliphatic carbocycles. The normalized spacial score (nSPS) is 12.4. The molecule has 0 aromatic carbocycles. The van der Waals surface area contributed by atoms with Crippen LogP contribution in [0.2, 0.25) is 0 Å². The van der Waals surface area contributed by atoms with Gasteiger partial charge in [-0.05, 0) is 25.6 Å². The highest BCUT2D eigenvalue weighted by Gasteiger charge is 2.10. The minimum atomic E-state index is -0.0610. The first-order valence-corrected chi connectivity index (χ1v) is 5.27. The molecular weight excluding hydrogens is 192 g/mol. The Morgan fingerprint density at radius 3 is 3.00 bits per heavy atom. The van der Waals surface area contributed by atoms with Crippen LogP contribution in [0.1, 0.15) is 32.1 Å². The standard InChI is InChI=1S/C11H18N2O2/c1-3-12-7-6-11(14)13-9(2)10-5-4-8-15-10/h4-5,8-9,12H,3,6-7H2,1-2H3,(H,13,14). The van der Waals surface area contributed by atoms with Gasteiger partial charge in [-0.1, -0.05) is 6.92 Å². The van der Waals surface area contributed by atoms with Gasteiger partial charge in [0.05, 0.1) is 12.3 Å². The Morgan fingerprint density at radius 2 is 2.40 bits per heavy atom. The molecule has 0 spiro atoms. The van der Waals surface area contributed by atoms with E-state index in [2.05, 4.69) is 10.6 Å². The van der Waals surface area contributed by atoms with E-state index in [1.54, 1.807) is 6.26 Å². The summed E-state index contributed by atoms with van der Waals surface area (Å²) in [6.45, 7) is 5.53. The van der Waals surface area contributed by atoms with Crippen LogP contribution >= 0.6 is 0 Å². The fraction of sp³-hybridized carbons (Fsp3) is 0.545. The maximum absolute atomic E-state index is 11.4. The van der Waals surface area contributed by atoms with E-state index in [-0.39, 0.29) is 11.9 Å². The van der Waals surface area contributed by atoms with E-state index in [9.17, 15) is 4.79 Å². The fourth-order valence-corrected chi connectivity index (χ4v) is 1.30. The highest BCUT2D eigenvalue weighted by molar-refractivity contribution is 5.76. The summed E-state index contributed by atoms with van der Waals surface area (Å²) in [5.74, 6) is 0.826. The molecule has 1 amide bonds. The second-order valence-electron chi connectivity index (χ2n) is 3.41. The van der Waals surface area contributed by atoms with Crippen LogP contribution in [0, 0.1) is 0 Å². The van der Waals surface area contributed by atoms with Gasteiger partial charge in [0.2, 0.25) is 5.91 Å². The summed E-state index contributed by atoms with van der Waals surface area (Å²) in [5.41, 5.74) is 0. The second-order valence-corrected chi connectivity index (χ2v) is 3.41. The topological polar surface area (TPSA) is 54.3 Å². The lowest BCUT2D eigenvalue weighted by molar-refractivity contribution is -0.121. The zero-order valence-corrected chi connectivity index (χ0v) is 9.25. The van der Waals surface area contributed by atoms with E-state index in [1.807, 2.05) is 26.0 Å². The third-order valence-electron chi connectivity index (χ3n) is 2.13. The molecule has 1 aromatic heterocycles. The molecule has 15 heavy (non-hydrogen) atoms. The molecule has 2 N–H and O–H groups in total. The van der Waals surface area contributed by atoms with Crippen molar-refractivity contribution >= 4 is 5.91 Å². The molecule has 0 fully saturated rings. The van der Waals surface area contributed by atoms with Gasteiger partial charge in [0.25, 0.3) is 0 Å². The van der Waals surface area contributed by atoms with E-state index in [0.717, 1.165) is 12.3 Å². The summed E-state index contributed by atoms with van der Waals surface area (Å²) in [5, 5.41) is 5.97. The molecule has 0 aliphatic heterocycles. The van der Waals surface area contributed by atoms with Gasteiger partial charge in [-0.3, -0.25) is 4.79 Å².